The molecule has 0 radical (unpaired) electrons. The first-order valence-electron chi connectivity index (χ1n) is 6.61. The Labute approximate surface area is 116 Å². The average molecular weight is 268 g/mol. The topological polar surface area (TPSA) is 68.1 Å². The lowest BCUT2D eigenvalue weighted by molar-refractivity contribution is -0.131. The van der Waals surface area contributed by atoms with Crippen molar-refractivity contribution in [3.05, 3.63) is 42.0 Å². The first-order chi connectivity index (χ1) is 9.69. The van der Waals surface area contributed by atoms with Gasteiger partial charge < -0.3 is 15.5 Å². The minimum Gasteiger partial charge on any atom is -0.424 e. The van der Waals surface area contributed by atoms with Crippen molar-refractivity contribution in [1.29, 1.82) is 0 Å². The fourth-order valence-electron chi connectivity index (χ4n) is 2.52. The van der Waals surface area contributed by atoms with Crippen LogP contribution in [0.2, 0.25) is 0 Å². The summed E-state index contributed by atoms with van der Waals surface area (Å²) in [6.07, 6.45) is 0.754. The van der Waals surface area contributed by atoms with Gasteiger partial charge in [0.05, 0.1) is 5.52 Å². The van der Waals surface area contributed by atoms with Crippen LogP contribution >= 0.6 is 0 Å². The van der Waals surface area contributed by atoms with Gasteiger partial charge in [0.1, 0.15) is 0 Å². The van der Waals surface area contributed by atoms with Crippen molar-refractivity contribution >= 4 is 27.8 Å². The molecule has 1 aromatic heterocycles. The molecule has 0 aliphatic rings. The number of rotatable bonds is 3. The molecular formula is C16H16N2O2. The van der Waals surface area contributed by atoms with E-state index in [9.17, 15) is 4.79 Å². The predicted molar refractivity (Wildman–Crippen MR) is 79.9 cm³/mol. The number of carbonyl (C=O) groups is 1. The van der Waals surface area contributed by atoms with E-state index >= 15 is 0 Å². The zero-order valence-corrected chi connectivity index (χ0v) is 11.3. The second kappa shape index (κ2) is 4.98. The smallest absolute Gasteiger partial charge is 0.308 e. The normalized spacial score (nSPS) is 11.1. The Kier molecular flexibility index (Phi) is 3.16. The Hall–Kier alpha value is -2.33. The van der Waals surface area contributed by atoms with Crippen LogP contribution in [0.25, 0.3) is 21.8 Å². The maximum atomic E-state index is 11.3. The van der Waals surface area contributed by atoms with Crippen molar-refractivity contribution in [3.63, 3.8) is 0 Å². The van der Waals surface area contributed by atoms with Crippen molar-refractivity contribution in [2.75, 3.05) is 6.54 Å². The van der Waals surface area contributed by atoms with Crippen LogP contribution in [0.1, 0.15) is 12.5 Å². The van der Waals surface area contributed by atoms with Gasteiger partial charge in [-0.05, 0) is 36.7 Å². The SMILES string of the molecule is CC(=O)Oc1cc(CCN)cc2c1[nH]c1ccccc12. The van der Waals surface area contributed by atoms with E-state index < -0.39 is 0 Å². The molecule has 102 valence electrons. The number of aromatic nitrogens is 1. The molecule has 0 saturated heterocycles. The minimum absolute atomic E-state index is 0.324. The molecule has 0 atom stereocenters. The summed E-state index contributed by atoms with van der Waals surface area (Å²) in [5.41, 5.74) is 8.58. The maximum absolute atomic E-state index is 11.3. The third-order valence-corrected chi connectivity index (χ3v) is 3.33. The second-order valence-electron chi connectivity index (χ2n) is 4.82. The van der Waals surface area contributed by atoms with Crippen LogP contribution in [0.4, 0.5) is 0 Å². The van der Waals surface area contributed by atoms with Crippen LogP contribution in [-0.4, -0.2) is 17.5 Å². The predicted octanol–water partition coefficient (Wildman–Crippen LogP) is 2.75. The lowest BCUT2D eigenvalue weighted by Crippen LogP contribution is -2.05. The number of carbonyl (C=O) groups excluding carboxylic acids is 1. The second-order valence-corrected chi connectivity index (χ2v) is 4.82. The molecule has 0 spiro atoms. The lowest BCUT2D eigenvalue weighted by atomic mass is 10.1. The summed E-state index contributed by atoms with van der Waals surface area (Å²) in [4.78, 5) is 14.6. The molecule has 3 aromatic rings. The molecule has 0 aliphatic heterocycles. The summed E-state index contributed by atoms with van der Waals surface area (Å²) < 4.78 is 5.33. The van der Waals surface area contributed by atoms with Crippen LogP contribution in [-0.2, 0) is 11.2 Å². The van der Waals surface area contributed by atoms with Gasteiger partial charge in [-0.3, -0.25) is 4.79 Å². The number of para-hydroxylation sites is 1. The summed E-state index contributed by atoms with van der Waals surface area (Å²) in [6.45, 7) is 1.97. The number of fused-ring (bicyclic) bond motifs is 3. The first kappa shape index (κ1) is 12.7. The van der Waals surface area contributed by atoms with Crippen molar-refractivity contribution < 1.29 is 9.53 Å². The molecular weight excluding hydrogens is 252 g/mol. The largest absolute Gasteiger partial charge is 0.424 e. The van der Waals surface area contributed by atoms with Gasteiger partial charge in [-0.2, -0.15) is 0 Å². The van der Waals surface area contributed by atoms with Gasteiger partial charge in [0.2, 0.25) is 0 Å². The quantitative estimate of drug-likeness (QED) is 0.567. The highest BCUT2D eigenvalue weighted by atomic mass is 16.5. The number of esters is 1. The van der Waals surface area contributed by atoms with Gasteiger partial charge in [-0.25, -0.2) is 0 Å². The summed E-state index contributed by atoms with van der Waals surface area (Å²) >= 11 is 0. The molecule has 0 aliphatic carbocycles. The third kappa shape index (κ3) is 2.14. The summed E-state index contributed by atoms with van der Waals surface area (Å²) in [5.74, 6) is 0.240. The molecule has 20 heavy (non-hydrogen) atoms. The van der Waals surface area contributed by atoms with Gasteiger partial charge in [-0.15, -0.1) is 0 Å². The van der Waals surface area contributed by atoms with Gasteiger partial charge in [0.25, 0.3) is 0 Å². The van der Waals surface area contributed by atoms with Gasteiger partial charge in [0.15, 0.2) is 5.75 Å². The molecule has 0 fully saturated rings. The molecule has 3 rings (SSSR count). The minimum atomic E-state index is -0.324. The van der Waals surface area contributed by atoms with E-state index in [1.807, 2.05) is 24.3 Å². The van der Waals surface area contributed by atoms with E-state index in [0.717, 1.165) is 33.8 Å². The zero-order valence-electron chi connectivity index (χ0n) is 11.3. The number of nitrogens with two attached hydrogens (primary N) is 1. The average Bonchev–Trinajstić information content (AvgIpc) is 2.78. The molecule has 1 heterocycles. The van der Waals surface area contributed by atoms with E-state index in [4.69, 9.17) is 10.5 Å². The van der Waals surface area contributed by atoms with Gasteiger partial charge >= 0.3 is 5.97 Å². The van der Waals surface area contributed by atoms with Crippen molar-refractivity contribution in [2.24, 2.45) is 5.73 Å². The maximum Gasteiger partial charge on any atom is 0.308 e. The molecule has 4 heteroatoms. The molecule has 4 nitrogen and oxygen atoms in total. The van der Waals surface area contributed by atoms with E-state index in [1.54, 1.807) is 0 Å². The highest BCUT2D eigenvalue weighted by Gasteiger charge is 2.12. The monoisotopic (exact) mass is 268 g/mol. The lowest BCUT2D eigenvalue weighted by Gasteiger charge is -2.06. The Balaban J connectivity index is 2.31. The van der Waals surface area contributed by atoms with Crippen LogP contribution in [0, 0.1) is 0 Å². The third-order valence-electron chi connectivity index (χ3n) is 3.33. The van der Waals surface area contributed by atoms with Gasteiger partial charge in [-0.1, -0.05) is 18.2 Å². The van der Waals surface area contributed by atoms with E-state index in [-0.39, 0.29) is 5.97 Å². The van der Waals surface area contributed by atoms with E-state index in [1.165, 1.54) is 6.92 Å². The fraction of sp³-hybridized carbons (Fsp3) is 0.188. The number of benzene rings is 2. The summed E-state index contributed by atoms with van der Waals surface area (Å²) in [5, 5.41) is 2.18. The Bertz CT molecular complexity index is 790. The zero-order chi connectivity index (χ0) is 14.1. The number of nitrogens with one attached hydrogen (secondary N) is 1. The van der Waals surface area contributed by atoms with Crippen LogP contribution in [0.5, 0.6) is 5.75 Å². The summed E-state index contributed by atoms with van der Waals surface area (Å²) in [6, 6.07) is 12.0. The van der Waals surface area contributed by atoms with Crippen LogP contribution in [0.3, 0.4) is 0 Å². The molecule has 3 N–H and O–H groups in total. The summed E-state index contributed by atoms with van der Waals surface area (Å²) in [7, 11) is 0. The number of ether oxygens (including phenoxy) is 1. The molecule has 2 aromatic carbocycles. The van der Waals surface area contributed by atoms with Gasteiger partial charge in [0, 0.05) is 23.2 Å². The Morgan fingerprint density at radius 1 is 1.25 bits per heavy atom. The van der Waals surface area contributed by atoms with E-state index in [0.29, 0.717) is 12.3 Å². The number of hydrogen-bond acceptors (Lipinski definition) is 3. The number of hydrogen-bond donors (Lipinski definition) is 2. The number of H-pyrrole nitrogens is 1. The first-order valence-corrected chi connectivity index (χ1v) is 6.61. The standard InChI is InChI=1S/C16H16N2O2/c1-10(19)20-15-9-11(6-7-17)8-13-12-4-2-3-5-14(12)18-16(13)15/h2-5,8-9,18H,6-7,17H2,1H3. The highest BCUT2D eigenvalue weighted by Crippen LogP contribution is 2.33. The van der Waals surface area contributed by atoms with Crippen molar-refractivity contribution in [3.8, 4) is 5.75 Å². The van der Waals surface area contributed by atoms with Crippen molar-refractivity contribution in [1.82, 2.24) is 4.98 Å². The molecule has 0 amide bonds. The molecule has 0 unspecified atom stereocenters. The molecule has 0 saturated carbocycles. The number of aromatic amines is 1. The Morgan fingerprint density at radius 3 is 2.80 bits per heavy atom. The Morgan fingerprint density at radius 2 is 2.05 bits per heavy atom. The van der Waals surface area contributed by atoms with Crippen molar-refractivity contribution in [2.45, 2.75) is 13.3 Å². The van der Waals surface area contributed by atoms with Crippen LogP contribution < -0.4 is 10.5 Å². The van der Waals surface area contributed by atoms with E-state index in [2.05, 4.69) is 17.1 Å². The molecule has 0 bridgehead atoms. The van der Waals surface area contributed by atoms with Crippen LogP contribution in [0.15, 0.2) is 36.4 Å². The fourth-order valence-corrected chi connectivity index (χ4v) is 2.52. The highest BCUT2D eigenvalue weighted by molar-refractivity contribution is 6.09.